The number of anilines is 1. The summed E-state index contributed by atoms with van der Waals surface area (Å²) in [7, 11) is 0. The zero-order chi connectivity index (χ0) is 15.4. The Morgan fingerprint density at radius 1 is 1.48 bits per heavy atom. The van der Waals surface area contributed by atoms with Gasteiger partial charge in [-0.15, -0.1) is 0 Å². The van der Waals surface area contributed by atoms with Crippen molar-refractivity contribution in [2.24, 2.45) is 5.73 Å². The largest absolute Gasteiger partial charge is 0.394 e. The van der Waals surface area contributed by atoms with Crippen LogP contribution in [0.5, 0.6) is 0 Å². The van der Waals surface area contributed by atoms with Gasteiger partial charge in [0.25, 0.3) is 0 Å². The van der Waals surface area contributed by atoms with Gasteiger partial charge < -0.3 is 20.5 Å². The normalized spacial score (nSPS) is 16.2. The minimum absolute atomic E-state index is 0.0779. The molecule has 0 aromatic carbocycles. The Morgan fingerprint density at radius 2 is 2.14 bits per heavy atom. The van der Waals surface area contributed by atoms with E-state index in [2.05, 4.69) is 16.0 Å². The summed E-state index contributed by atoms with van der Waals surface area (Å²) < 4.78 is 5.60. The number of pyridine rings is 1. The second-order valence-electron chi connectivity index (χ2n) is 5.39. The van der Waals surface area contributed by atoms with Crippen molar-refractivity contribution in [2.45, 2.75) is 32.8 Å². The fraction of sp³-hybridized carbons (Fsp3) is 0.600. The number of aromatic nitrogens is 1. The van der Waals surface area contributed by atoms with Crippen LogP contribution in [0.1, 0.15) is 29.8 Å². The van der Waals surface area contributed by atoms with Crippen LogP contribution in [-0.2, 0) is 4.74 Å². The van der Waals surface area contributed by atoms with Crippen LogP contribution in [0.15, 0.2) is 6.07 Å². The highest BCUT2D eigenvalue weighted by Crippen LogP contribution is 2.27. The smallest absolute Gasteiger partial charge is 0.107 e. The molecule has 2 rings (SSSR count). The Labute approximate surface area is 131 Å². The average molecular weight is 309 g/mol. The number of piperidine rings is 1. The lowest BCUT2D eigenvalue weighted by Crippen LogP contribution is -2.38. The molecule has 5 nitrogen and oxygen atoms in total. The van der Waals surface area contributed by atoms with E-state index >= 15 is 0 Å². The Morgan fingerprint density at radius 3 is 2.71 bits per heavy atom. The predicted molar refractivity (Wildman–Crippen MR) is 87.9 cm³/mol. The van der Waals surface area contributed by atoms with Gasteiger partial charge in [-0.25, -0.2) is 0 Å². The minimum atomic E-state index is 0.0779. The van der Waals surface area contributed by atoms with Gasteiger partial charge in [0, 0.05) is 24.5 Å². The molecule has 0 bridgehead atoms. The van der Waals surface area contributed by atoms with Crippen molar-refractivity contribution in [3.63, 3.8) is 0 Å². The van der Waals surface area contributed by atoms with E-state index in [1.165, 1.54) is 0 Å². The third kappa shape index (κ3) is 3.90. The van der Waals surface area contributed by atoms with Gasteiger partial charge in [0.05, 0.1) is 30.6 Å². The molecule has 1 fully saturated rings. The molecule has 0 amide bonds. The fourth-order valence-corrected chi connectivity index (χ4v) is 3.10. The minimum Gasteiger partial charge on any atom is -0.394 e. The molecule has 1 saturated heterocycles. The van der Waals surface area contributed by atoms with Crippen molar-refractivity contribution in [3.05, 3.63) is 23.0 Å². The molecule has 6 heteroatoms. The van der Waals surface area contributed by atoms with Gasteiger partial charge in [-0.05, 0) is 32.8 Å². The number of hydrogen-bond donors (Lipinski definition) is 2. The molecular weight excluding hydrogens is 286 g/mol. The van der Waals surface area contributed by atoms with Crippen LogP contribution in [0.2, 0.25) is 0 Å². The van der Waals surface area contributed by atoms with Crippen LogP contribution in [0.3, 0.4) is 0 Å². The second kappa shape index (κ2) is 7.15. The van der Waals surface area contributed by atoms with Gasteiger partial charge in [-0.2, -0.15) is 0 Å². The van der Waals surface area contributed by atoms with E-state index in [-0.39, 0.29) is 12.7 Å². The van der Waals surface area contributed by atoms with Crippen LogP contribution >= 0.6 is 12.2 Å². The molecule has 1 aromatic rings. The van der Waals surface area contributed by atoms with Gasteiger partial charge >= 0.3 is 0 Å². The van der Waals surface area contributed by atoms with Crippen LogP contribution < -0.4 is 10.6 Å². The molecule has 0 aliphatic carbocycles. The monoisotopic (exact) mass is 309 g/mol. The number of aliphatic hydroxyl groups excluding tert-OH is 1. The van der Waals surface area contributed by atoms with Crippen LogP contribution in [0, 0.1) is 13.8 Å². The van der Waals surface area contributed by atoms with Gasteiger partial charge in [0.2, 0.25) is 0 Å². The number of nitrogens with two attached hydrogens (primary N) is 1. The number of ether oxygens (including phenoxy) is 1. The summed E-state index contributed by atoms with van der Waals surface area (Å²) in [6.07, 6.45) is 2.11. The quantitative estimate of drug-likeness (QED) is 0.799. The first-order valence-electron chi connectivity index (χ1n) is 7.28. The van der Waals surface area contributed by atoms with Gasteiger partial charge in [-0.3, -0.25) is 4.98 Å². The SMILES string of the molecule is Cc1cc(N2CCC(OCCO)CC2)c(C(N)=S)c(C)n1. The number of nitrogens with zero attached hydrogens (tertiary/aromatic N) is 2. The molecule has 2 heterocycles. The maximum atomic E-state index is 8.81. The third-order valence-electron chi connectivity index (χ3n) is 3.78. The summed E-state index contributed by atoms with van der Waals surface area (Å²) in [5, 5.41) is 8.81. The Balaban J connectivity index is 2.14. The predicted octanol–water partition coefficient (Wildman–Crippen LogP) is 1.31. The Bertz CT molecular complexity index is 514. The van der Waals surface area contributed by atoms with Crippen molar-refractivity contribution in [1.29, 1.82) is 0 Å². The summed E-state index contributed by atoms with van der Waals surface area (Å²) in [5.74, 6) is 0. The van der Waals surface area contributed by atoms with Crippen molar-refractivity contribution in [2.75, 3.05) is 31.2 Å². The highest BCUT2D eigenvalue weighted by Gasteiger charge is 2.23. The molecule has 0 spiro atoms. The number of hydrogen-bond acceptors (Lipinski definition) is 5. The summed E-state index contributed by atoms with van der Waals surface area (Å²) in [6.45, 7) is 6.22. The summed E-state index contributed by atoms with van der Waals surface area (Å²) in [6, 6.07) is 2.05. The molecule has 21 heavy (non-hydrogen) atoms. The summed E-state index contributed by atoms with van der Waals surface area (Å²) in [4.78, 5) is 7.16. The lowest BCUT2D eigenvalue weighted by atomic mass is 10.0. The zero-order valence-corrected chi connectivity index (χ0v) is 13.4. The molecular formula is C15H23N3O2S. The number of rotatable bonds is 5. The molecule has 116 valence electrons. The molecule has 0 atom stereocenters. The van der Waals surface area contributed by atoms with Gasteiger partial charge in [0.1, 0.15) is 4.99 Å². The highest BCUT2D eigenvalue weighted by molar-refractivity contribution is 7.80. The molecule has 1 aromatic heterocycles. The van der Waals surface area contributed by atoms with E-state index in [9.17, 15) is 0 Å². The van der Waals surface area contributed by atoms with Crippen LogP contribution in [0.4, 0.5) is 5.69 Å². The van der Waals surface area contributed by atoms with E-state index in [1.54, 1.807) is 0 Å². The van der Waals surface area contributed by atoms with Gasteiger partial charge in [-0.1, -0.05) is 12.2 Å². The maximum absolute atomic E-state index is 8.81. The van der Waals surface area contributed by atoms with E-state index in [0.29, 0.717) is 11.6 Å². The molecule has 1 aliphatic rings. The second-order valence-corrected chi connectivity index (χ2v) is 5.83. The highest BCUT2D eigenvalue weighted by atomic mass is 32.1. The molecule has 0 saturated carbocycles. The van der Waals surface area contributed by atoms with Crippen LogP contribution in [-0.4, -0.2) is 47.5 Å². The van der Waals surface area contributed by atoms with Crippen molar-refractivity contribution in [1.82, 2.24) is 4.98 Å². The molecule has 0 radical (unpaired) electrons. The first kappa shape index (κ1) is 16.1. The van der Waals surface area contributed by atoms with Crippen molar-refractivity contribution < 1.29 is 9.84 Å². The van der Waals surface area contributed by atoms with Gasteiger partial charge in [0.15, 0.2) is 0 Å². The number of aryl methyl sites for hydroxylation is 2. The molecule has 3 N–H and O–H groups in total. The van der Waals surface area contributed by atoms with E-state index in [1.807, 2.05) is 13.8 Å². The first-order valence-corrected chi connectivity index (χ1v) is 7.69. The van der Waals surface area contributed by atoms with E-state index < -0.39 is 0 Å². The first-order chi connectivity index (χ1) is 10.0. The number of aliphatic hydroxyl groups is 1. The standard InChI is InChI=1S/C15H23N3O2S/c1-10-9-13(14(15(16)21)11(2)17-10)18-5-3-12(4-6-18)20-8-7-19/h9,12,19H,3-8H2,1-2H3,(H2,16,21). The lowest BCUT2D eigenvalue weighted by molar-refractivity contribution is 0.0159. The van der Waals surface area contributed by atoms with Crippen molar-refractivity contribution in [3.8, 4) is 0 Å². The zero-order valence-electron chi connectivity index (χ0n) is 12.6. The Kier molecular flexibility index (Phi) is 5.50. The molecule has 0 unspecified atom stereocenters. The third-order valence-corrected chi connectivity index (χ3v) is 3.99. The summed E-state index contributed by atoms with van der Waals surface area (Å²) in [5.41, 5.74) is 9.69. The average Bonchev–Trinajstić information content (AvgIpc) is 2.44. The van der Waals surface area contributed by atoms with Crippen LogP contribution in [0.25, 0.3) is 0 Å². The van der Waals surface area contributed by atoms with Crippen molar-refractivity contribution >= 4 is 22.9 Å². The lowest BCUT2D eigenvalue weighted by Gasteiger charge is -2.35. The van der Waals surface area contributed by atoms with E-state index in [4.69, 9.17) is 27.8 Å². The Hall–Kier alpha value is -1.24. The topological polar surface area (TPSA) is 71.6 Å². The van der Waals surface area contributed by atoms with E-state index in [0.717, 1.165) is 48.6 Å². The summed E-state index contributed by atoms with van der Waals surface area (Å²) >= 11 is 5.19. The fourth-order valence-electron chi connectivity index (χ4n) is 2.84. The maximum Gasteiger partial charge on any atom is 0.107 e. The number of thiocarbonyl (C=S) groups is 1. The molecule has 1 aliphatic heterocycles.